The van der Waals surface area contributed by atoms with E-state index in [-0.39, 0.29) is 17.3 Å². The summed E-state index contributed by atoms with van der Waals surface area (Å²) in [5.74, 6) is 2.58. The Kier molecular flexibility index (Phi) is 1.57. The van der Waals surface area contributed by atoms with Crippen molar-refractivity contribution >= 4 is 5.78 Å². The van der Waals surface area contributed by atoms with Crippen LogP contribution in [-0.2, 0) is 16.6 Å². The Morgan fingerprint density at radius 1 is 1.33 bits per heavy atom. The second-order valence-electron chi connectivity index (χ2n) is 7.69. The lowest BCUT2D eigenvalue weighted by Crippen LogP contribution is -2.52. The first kappa shape index (κ1) is 11.1. The Hall–Kier alpha value is -1.55. The van der Waals surface area contributed by atoms with Crippen LogP contribution >= 0.6 is 0 Å². The predicted molar refractivity (Wildman–Crippen MR) is 72.4 cm³/mol. The standard InChI is InChI=1S/C17H16O4/c18-11-3-2-9-10-6-16(10)5-8-1-4-12(21-19)14-13(8)17(9,7-16)15(11)20-14/h1,4,9-10,15,19H,2-3,5-7H2/t9?,10-,15-,16?,17-/m0/s1. The van der Waals surface area contributed by atoms with E-state index in [0.717, 1.165) is 25.2 Å². The van der Waals surface area contributed by atoms with Crippen LogP contribution in [-0.4, -0.2) is 17.1 Å². The van der Waals surface area contributed by atoms with Gasteiger partial charge in [0.2, 0.25) is 5.75 Å². The number of rotatable bonds is 1. The molecule has 2 bridgehead atoms. The van der Waals surface area contributed by atoms with Crippen LogP contribution < -0.4 is 9.62 Å². The van der Waals surface area contributed by atoms with Crippen LogP contribution in [0.5, 0.6) is 11.5 Å². The lowest BCUT2D eigenvalue weighted by Gasteiger charge is -2.44. The van der Waals surface area contributed by atoms with Crippen molar-refractivity contribution in [2.45, 2.75) is 43.6 Å². The van der Waals surface area contributed by atoms with Gasteiger partial charge in [0.25, 0.3) is 0 Å². The number of carbonyl (C=O) groups excluding carboxylic acids is 1. The third-order valence-corrected chi connectivity index (χ3v) is 7.06. The zero-order valence-corrected chi connectivity index (χ0v) is 11.6. The van der Waals surface area contributed by atoms with Gasteiger partial charge in [-0.1, -0.05) is 6.07 Å². The largest absolute Gasteiger partial charge is 0.477 e. The highest BCUT2D eigenvalue weighted by atomic mass is 17.1. The maximum atomic E-state index is 12.5. The van der Waals surface area contributed by atoms with E-state index >= 15 is 0 Å². The average Bonchev–Trinajstić information content (AvgIpc) is 2.93. The summed E-state index contributed by atoms with van der Waals surface area (Å²) in [4.78, 5) is 17.0. The Labute approximate surface area is 122 Å². The summed E-state index contributed by atoms with van der Waals surface area (Å²) in [5.41, 5.74) is 2.83. The first-order chi connectivity index (χ1) is 10.2. The lowest BCUT2D eigenvalue weighted by atomic mass is 9.58. The Morgan fingerprint density at radius 2 is 2.24 bits per heavy atom. The van der Waals surface area contributed by atoms with Gasteiger partial charge in [0.05, 0.1) is 0 Å². The molecule has 1 N–H and O–H groups in total. The Balaban J connectivity index is 1.70. The number of benzene rings is 1. The van der Waals surface area contributed by atoms with Gasteiger partial charge in [-0.2, -0.15) is 0 Å². The van der Waals surface area contributed by atoms with E-state index in [1.807, 2.05) is 0 Å². The number of Topliss-reactive ketones (excluding diaryl/α,β-unsaturated/α-hetero) is 1. The van der Waals surface area contributed by atoms with Crippen molar-refractivity contribution in [3.8, 4) is 11.5 Å². The summed E-state index contributed by atoms with van der Waals surface area (Å²) in [6.45, 7) is 0. The van der Waals surface area contributed by atoms with E-state index < -0.39 is 0 Å². The number of ketones is 1. The van der Waals surface area contributed by atoms with Gasteiger partial charge in [-0.05, 0) is 54.6 Å². The zero-order valence-electron chi connectivity index (χ0n) is 11.6. The molecule has 21 heavy (non-hydrogen) atoms. The van der Waals surface area contributed by atoms with Gasteiger partial charge in [-0.3, -0.25) is 4.79 Å². The van der Waals surface area contributed by atoms with Crippen LogP contribution in [0.15, 0.2) is 12.1 Å². The number of fused-ring (bicyclic) bond motifs is 1. The van der Waals surface area contributed by atoms with Crippen molar-refractivity contribution in [2.24, 2.45) is 17.3 Å². The normalized spacial score (nSPS) is 46.7. The zero-order chi connectivity index (χ0) is 14.0. The first-order valence-corrected chi connectivity index (χ1v) is 7.87. The third kappa shape index (κ3) is 0.951. The second kappa shape index (κ2) is 2.98. The summed E-state index contributed by atoms with van der Waals surface area (Å²) in [6.07, 6.45) is 4.84. The molecule has 6 rings (SSSR count). The minimum absolute atomic E-state index is 0.115. The van der Waals surface area contributed by atoms with Crippen molar-refractivity contribution in [2.75, 3.05) is 0 Å². The molecule has 4 heteroatoms. The van der Waals surface area contributed by atoms with Crippen LogP contribution in [0.4, 0.5) is 0 Å². The van der Waals surface area contributed by atoms with Crippen LogP contribution in [0.1, 0.15) is 36.8 Å². The quantitative estimate of drug-likeness (QED) is 0.636. The van der Waals surface area contributed by atoms with E-state index in [1.165, 1.54) is 17.5 Å². The maximum Gasteiger partial charge on any atom is 0.207 e. The molecule has 5 aliphatic rings. The summed E-state index contributed by atoms with van der Waals surface area (Å²) in [6, 6.07) is 3.84. The van der Waals surface area contributed by atoms with Gasteiger partial charge in [-0.25, -0.2) is 5.26 Å². The molecule has 3 saturated carbocycles. The van der Waals surface area contributed by atoms with Gasteiger partial charge >= 0.3 is 0 Å². The maximum absolute atomic E-state index is 12.5. The van der Waals surface area contributed by atoms with E-state index in [0.29, 0.717) is 29.3 Å². The fourth-order valence-electron chi connectivity index (χ4n) is 6.48. The second-order valence-corrected chi connectivity index (χ2v) is 7.69. The summed E-state index contributed by atoms with van der Waals surface area (Å²) in [7, 11) is 0. The monoisotopic (exact) mass is 284 g/mol. The molecule has 1 aromatic rings. The van der Waals surface area contributed by atoms with E-state index in [4.69, 9.17) is 9.99 Å². The van der Waals surface area contributed by atoms with Crippen LogP contribution in [0.3, 0.4) is 0 Å². The van der Waals surface area contributed by atoms with Crippen LogP contribution in [0.25, 0.3) is 0 Å². The first-order valence-electron chi connectivity index (χ1n) is 7.87. The molecule has 4 nitrogen and oxygen atoms in total. The minimum atomic E-state index is -0.341. The highest BCUT2D eigenvalue weighted by molar-refractivity contribution is 5.89. The molecule has 0 amide bonds. The van der Waals surface area contributed by atoms with Crippen LogP contribution in [0.2, 0.25) is 0 Å². The molecule has 108 valence electrons. The summed E-state index contributed by atoms with van der Waals surface area (Å²) < 4.78 is 6.09. The van der Waals surface area contributed by atoms with Crippen molar-refractivity contribution < 1.29 is 19.7 Å². The third-order valence-electron chi connectivity index (χ3n) is 7.06. The number of hydrogen-bond donors (Lipinski definition) is 1. The topological polar surface area (TPSA) is 55.8 Å². The highest BCUT2D eigenvalue weighted by Gasteiger charge is 2.78. The molecular formula is C17H16O4. The van der Waals surface area contributed by atoms with Gasteiger partial charge in [0, 0.05) is 17.4 Å². The Morgan fingerprint density at radius 3 is 3.10 bits per heavy atom. The lowest BCUT2D eigenvalue weighted by molar-refractivity contribution is -0.141. The molecular weight excluding hydrogens is 268 g/mol. The molecule has 0 aromatic heterocycles. The van der Waals surface area contributed by atoms with Crippen molar-refractivity contribution in [3.05, 3.63) is 23.3 Å². The van der Waals surface area contributed by atoms with Gasteiger partial charge in [0.1, 0.15) is 0 Å². The van der Waals surface area contributed by atoms with Gasteiger partial charge in [0.15, 0.2) is 17.6 Å². The molecule has 3 fully saturated rings. The SMILES string of the molecule is O=C1CCC2[C@@H]3CC34Cc3ccc(OO)c5c3[C@@]2(C4)[C@H]1O5. The molecule has 1 heterocycles. The average molecular weight is 284 g/mol. The van der Waals surface area contributed by atoms with Crippen LogP contribution in [0, 0.1) is 17.3 Å². The van der Waals surface area contributed by atoms with Gasteiger partial charge < -0.3 is 9.62 Å². The van der Waals surface area contributed by atoms with Crippen molar-refractivity contribution in [3.63, 3.8) is 0 Å². The minimum Gasteiger partial charge on any atom is -0.477 e. The molecule has 2 unspecified atom stereocenters. The number of ether oxygens (including phenoxy) is 1. The van der Waals surface area contributed by atoms with Gasteiger partial charge in [-0.15, -0.1) is 0 Å². The smallest absolute Gasteiger partial charge is 0.207 e. The van der Waals surface area contributed by atoms with E-state index in [2.05, 4.69) is 11.0 Å². The molecule has 1 aliphatic heterocycles. The molecule has 4 aliphatic carbocycles. The Bertz CT molecular complexity index is 726. The molecule has 5 atom stereocenters. The van der Waals surface area contributed by atoms with Crippen molar-refractivity contribution in [1.29, 1.82) is 0 Å². The fourth-order valence-corrected chi connectivity index (χ4v) is 6.48. The molecule has 2 spiro atoms. The highest BCUT2D eigenvalue weighted by Crippen LogP contribution is 2.81. The fraction of sp³-hybridized carbons (Fsp3) is 0.588. The van der Waals surface area contributed by atoms with Crippen molar-refractivity contribution in [1.82, 2.24) is 0 Å². The summed E-state index contributed by atoms with van der Waals surface area (Å²) in [5, 5.41) is 9.14. The van der Waals surface area contributed by atoms with E-state index in [9.17, 15) is 4.79 Å². The molecule has 0 radical (unpaired) electrons. The molecule has 0 saturated heterocycles. The number of hydrogen-bond acceptors (Lipinski definition) is 4. The molecule has 1 aromatic carbocycles. The number of carbonyl (C=O) groups is 1. The van der Waals surface area contributed by atoms with E-state index in [1.54, 1.807) is 6.07 Å². The summed E-state index contributed by atoms with van der Waals surface area (Å²) >= 11 is 0. The predicted octanol–water partition coefficient (Wildman–Crippen LogP) is 2.48.